The highest BCUT2D eigenvalue weighted by Crippen LogP contribution is 2.29. The van der Waals surface area contributed by atoms with E-state index in [0.717, 1.165) is 24.9 Å². The minimum absolute atomic E-state index is 0.511. The van der Waals surface area contributed by atoms with Gasteiger partial charge in [0.25, 0.3) is 0 Å². The molecule has 0 heterocycles. The molecule has 2 rings (SSSR count). The van der Waals surface area contributed by atoms with Gasteiger partial charge in [-0.05, 0) is 30.5 Å². The van der Waals surface area contributed by atoms with Crippen LogP contribution in [0.5, 0.6) is 0 Å². The monoisotopic (exact) mass is 271 g/mol. The largest absolute Gasteiger partial charge is 0.416 e. The standard InChI is InChI=1S/C15H20F3N/c16-15(17,18)14-7-3-6-13(10-14)11-19-9-8-12-4-1-2-5-12/h3,6-7,10,12,19H,1-2,4-5,8-9,11H2. The Kier molecular flexibility index (Phi) is 4.86. The fraction of sp³-hybridized carbons (Fsp3) is 0.600. The Morgan fingerprint density at radius 1 is 1.16 bits per heavy atom. The predicted molar refractivity (Wildman–Crippen MR) is 69.7 cm³/mol. The van der Waals surface area contributed by atoms with E-state index in [0.29, 0.717) is 12.1 Å². The molecule has 0 bridgehead atoms. The number of nitrogens with one attached hydrogen (secondary N) is 1. The maximum atomic E-state index is 12.5. The van der Waals surface area contributed by atoms with E-state index in [1.54, 1.807) is 6.07 Å². The summed E-state index contributed by atoms with van der Waals surface area (Å²) in [5, 5.41) is 3.24. The summed E-state index contributed by atoms with van der Waals surface area (Å²) in [6.07, 6.45) is 2.17. The first-order chi connectivity index (χ1) is 9.05. The van der Waals surface area contributed by atoms with Gasteiger partial charge in [-0.2, -0.15) is 13.2 Å². The van der Waals surface area contributed by atoms with E-state index in [4.69, 9.17) is 0 Å². The molecule has 106 valence electrons. The van der Waals surface area contributed by atoms with Gasteiger partial charge in [0, 0.05) is 6.54 Å². The molecule has 1 aromatic rings. The molecule has 1 aliphatic carbocycles. The summed E-state index contributed by atoms with van der Waals surface area (Å²) in [5.74, 6) is 0.814. The lowest BCUT2D eigenvalue weighted by Crippen LogP contribution is -2.17. The normalized spacial score (nSPS) is 17.0. The minimum Gasteiger partial charge on any atom is -0.313 e. The SMILES string of the molecule is FC(F)(F)c1cccc(CNCCC2CCCC2)c1. The fourth-order valence-electron chi connectivity index (χ4n) is 2.70. The van der Waals surface area contributed by atoms with E-state index in [-0.39, 0.29) is 0 Å². The average molecular weight is 271 g/mol. The van der Waals surface area contributed by atoms with Gasteiger partial charge in [-0.15, -0.1) is 0 Å². The van der Waals surface area contributed by atoms with Crippen molar-refractivity contribution in [2.75, 3.05) is 6.54 Å². The van der Waals surface area contributed by atoms with Gasteiger partial charge in [-0.1, -0.05) is 43.9 Å². The zero-order valence-electron chi connectivity index (χ0n) is 11.0. The lowest BCUT2D eigenvalue weighted by Gasteiger charge is -2.11. The zero-order chi connectivity index (χ0) is 13.7. The molecular weight excluding hydrogens is 251 g/mol. The molecule has 0 atom stereocenters. The Morgan fingerprint density at radius 3 is 2.58 bits per heavy atom. The minimum atomic E-state index is -4.25. The lowest BCUT2D eigenvalue weighted by molar-refractivity contribution is -0.137. The molecule has 1 saturated carbocycles. The molecular formula is C15H20F3N. The third-order valence-electron chi connectivity index (χ3n) is 3.79. The Morgan fingerprint density at radius 2 is 1.89 bits per heavy atom. The van der Waals surface area contributed by atoms with Crippen LogP contribution in [0.15, 0.2) is 24.3 Å². The van der Waals surface area contributed by atoms with Crippen LogP contribution in [0.3, 0.4) is 0 Å². The highest BCUT2D eigenvalue weighted by molar-refractivity contribution is 5.25. The molecule has 0 amide bonds. The summed E-state index contributed by atoms with van der Waals surface area (Å²) in [6.45, 7) is 1.40. The molecule has 0 spiro atoms. The van der Waals surface area contributed by atoms with E-state index in [2.05, 4.69) is 5.32 Å². The van der Waals surface area contributed by atoms with Crippen molar-refractivity contribution in [3.63, 3.8) is 0 Å². The number of hydrogen-bond donors (Lipinski definition) is 1. The smallest absolute Gasteiger partial charge is 0.313 e. The second-order valence-electron chi connectivity index (χ2n) is 5.31. The summed E-state index contributed by atoms with van der Waals surface area (Å²) in [6, 6.07) is 5.54. The molecule has 1 N–H and O–H groups in total. The van der Waals surface area contributed by atoms with Crippen LogP contribution in [-0.4, -0.2) is 6.54 Å². The third kappa shape index (κ3) is 4.53. The molecule has 1 nitrogen and oxygen atoms in total. The van der Waals surface area contributed by atoms with Crippen LogP contribution in [0.2, 0.25) is 0 Å². The summed E-state index contributed by atoms with van der Waals surface area (Å²) in [4.78, 5) is 0. The van der Waals surface area contributed by atoms with Gasteiger partial charge in [0.05, 0.1) is 5.56 Å². The van der Waals surface area contributed by atoms with Gasteiger partial charge < -0.3 is 5.32 Å². The number of halogens is 3. The molecule has 1 aliphatic rings. The fourth-order valence-corrected chi connectivity index (χ4v) is 2.70. The van der Waals surface area contributed by atoms with Gasteiger partial charge in [0.1, 0.15) is 0 Å². The predicted octanol–water partition coefficient (Wildman–Crippen LogP) is 4.38. The quantitative estimate of drug-likeness (QED) is 0.784. The Labute approximate surface area is 112 Å². The number of rotatable bonds is 5. The van der Waals surface area contributed by atoms with E-state index in [1.807, 2.05) is 0 Å². The van der Waals surface area contributed by atoms with Crippen LogP contribution in [-0.2, 0) is 12.7 Å². The van der Waals surface area contributed by atoms with Crippen molar-refractivity contribution in [2.24, 2.45) is 5.92 Å². The van der Waals surface area contributed by atoms with Gasteiger partial charge in [0.2, 0.25) is 0 Å². The van der Waals surface area contributed by atoms with Crippen molar-refractivity contribution in [3.05, 3.63) is 35.4 Å². The third-order valence-corrected chi connectivity index (χ3v) is 3.79. The molecule has 19 heavy (non-hydrogen) atoms. The molecule has 1 fully saturated rings. The average Bonchev–Trinajstić information content (AvgIpc) is 2.87. The Bertz CT molecular complexity index is 395. The number of alkyl halides is 3. The number of hydrogen-bond acceptors (Lipinski definition) is 1. The van der Waals surface area contributed by atoms with Crippen molar-refractivity contribution in [1.82, 2.24) is 5.32 Å². The van der Waals surface area contributed by atoms with Crippen LogP contribution in [0.4, 0.5) is 13.2 Å². The van der Waals surface area contributed by atoms with E-state index in [1.165, 1.54) is 37.8 Å². The summed E-state index contributed by atoms with van der Waals surface area (Å²) >= 11 is 0. The van der Waals surface area contributed by atoms with Gasteiger partial charge >= 0.3 is 6.18 Å². The van der Waals surface area contributed by atoms with Crippen LogP contribution >= 0.6 is 0 Å². The van der Waals surface area contributed by atoms with Gasteiger partial charge in [0.15, 0.2) is 0 Å². The first-order valence-electron chi connectivity index (χ1n) is 6.92. The van der Waals surface area contributed by atoms with Crippen molar-refractivity contribution in [2.45, 2.75) is 44.8 Å². The van der Waals surface area contributed by atoms with Crippen molar-refractivity contribution < 1.29 is 13.2 Å². The van der Waals surface area contributed by atoms with Crippen LogP contribution in [0.25, 0.3) is 0 Å². The Hall–Kier alpha value is -1.03. The molecule has 0 aliphatic heterocycles. The van der Waals surface area contributed by atoms with Gasteiger partial charge in [-0.3, -0.25) is 0 Å². The molecule has 0 radical (unpaired) electrons. The van der Waals surface area contributed by atoms with E-state index in [9.17, 15) is 13.2 Å². The van der Waals surface area contributed by atoms with Crippen molar-refractivity contribution in [3.8, 4) is 0 Å². The second-order valence-corrected chi connectivity index (χ2v) is 5.31. The molecule has 1 aromatic carbocycles. The van der Waals surface area contributed by atoms with Crippen molar-refractivity contribution in [1.29, 1.82) is 0 Å². The zero-order valence-corrected chi connectivity index (χ0v) is 11.0. The maximum Gasteiger partial charge on any atom is 0.416 e. The summed E-state index contributed by atoms with van der Waals surface area (Å²) in [5.41, 5.74) is 0.129. The molecule has 0 unspecified atom stereocenters. The molecule has 0 aromatic heterocycles. The highest BCUT2D eigenvalue weighted by atomic mass is 19.4. The van der Waals surface area contributed by atoms with E-state index >= 15 is 0 Å². The van der Waals surface area contributed by atoms with Gasteiger partial charge in [-0.25, -0.2) is 0 Å². The highest BCUT2D eigenvalue weighted by Gasteiger charge is 2.30. The van der Waals surface area contributed by atoms with Crippen molar-refractivity contribution >= 4 is 0 Å². The second kappa shape index (κ2) is 6.42. The first kappa shape index (κ1) is 14.4. The molecule has 0 saturated heterocycles. The first-order valence-corrected chi connectivity index (χ1v) is 6.92. The summed E-state index contributed by atoms with van der Waals surface area (Å²) < 4.78 is 37.6. The maximum absolute atomic E-state index is 12.5. The molecule has 4 heteroatoms. The van der Waals surface area contributed by atoms with Crippen LogP contribution in [0, 0.1) is 5.92 Å². The topological polar surface area (TPSA) is 12.0 Å². The van der Waals surface area contributed by atoms with Crippen LogP contribution in [0.1, 0.15) is 43.2 Å². The van der Waals surface area contributed by atoms with Crippen LogP contribution < -0.4 is 5.32 Å². The summed E-state index contributed by atoms with van der Waals surface area (Å²) in [7, 11) is 0. The lowest BCUT2D eigenvalue weighted by atomic mass is 10.0. The Balaban J connectivity index is 1.76. The number of benzene rings is 1. The van der Waals surface area contributed by atoms with E-state index < -0.39 is 11.7 Å².